The molecule has 3 heteroatoms. The molecule has 0 saturated heterocycles. The van der Waals surface area contributed by atoms with Gasteiger partial charge in [0.25, 0.3) is 0 Å². The van der Waals surface area contributed by atoms with Crippen LogP contribution in [0.25, 0.3) is 0 Å². The van der Waals surface area contributed by atoms with E-state index in [9.17, 15) is 0 Å². The zero-order chi connectivity index (χ0) is 11.3. The predicted molar refractivity (Wildman–Crippen MR) is 63.7 cm³/mol. The molecule has 0 aliphatic heterocycles. The monoisotopic (exact) mass is 207 g/mol. The summed E-state index contributed by atoms with van der Waals surface area (Å²) < 4.78 is 0. The first-order valence-corrected chi connectivity index (χ1v) is 5.36. The van der Waals surface area contributed by atoms with E-state index in [-0.39, 0.29) is 5.54 Å². The van der Waals surface area contributed by atoms with Crippen LogP contribution in [0, 0.1) is 0 Å². The molecule has 0 saturated carbocycles. The molecular weight excluding hydrogens is 186 g/mol. The van der Waals surface area contributed by atoms with Crippen molar-refractivity contribution in [1.82, 2.24) is 9.88 Å². The zero-order valence-electron chi connectivity index (χ0n) is 9.90. The zero-order valence-corrected chi connectivity index (χ0v) is 9.90. The van der Waals surface area contributed by atoms with Gasteiger partial charge in [-0.05, 0) is 38.9 Å². The van der Waals surface area contributed by atoms with E-state index in [0.717, 1.165) is 13.0 Å². The van der Waals surface area contributed by atoms with E-state index in [1.807, 2.05) is 12.3 Å². The normalized spacial score (nSPS) is 12.1. The summed E-state index contributed by atoms with van der Waals surface area (Å²) >= 11 is 0. The molecule has 0 aromatic carbocycles. The van der Waals surface area contributed by atoms with E-state index in [2.05, 4.69) is 36.8 Å². The summed E-state index contributed by atoms with van der Waals surface area (Å²) in [6.45, 7) is 6.01. The van der Waals surface area contributed by atoms with Crippen LogP contribution in [0.15, 0.2) is 24.5 Å². The van der Waals surface area contributed by atoms with Gasteiger partial charge < -0.3 is 5.73 Å². The summed E-state index contributed by atoms with van der Waals surface area (Å²) in [5.41, 5.74) is 7.07. The summed E-state index contributed by atoms with van der Waals surface area (Å²) in [4.78, 5) is 6.39. The lowest BCUT2D eigenvalue weighted by Crippen LogP contribution is -2.47. The number of likely N-dealkylation sites (N-methyl/N-ethyl adjacent to an activating group) is 1. The van der Waals surface area contributed by atoms with Crippen molar-refractivity contribution in [3.05, 3.63) is 30.1 Å². The van der Waals surface area contributed by atoms with Gasteiger partial charge in [-0.1, -0.05) is 6.07 Å². The third kappa shape index (κ3) is 3.61. The lowest BCUT2D eigenvalue weighted by molar-refractivity contribution is 0.166. The highest BCUT2D eigenvalue weighted by molar-refractivity contribution is 5.08. The van der Waals surface area contributed by atoms with E-state index in [1.165, 1.54) is 5.56 Å². The maximum atomic E-state index is 5.72. The van der Waals surface area contributed by atoms with Crippen LogP contribution in [0.3, 0.4) is 0 Å². The minimum atomic E-state index is 0.0716. The molecule has 0 amide bonds. The summed E-state index contributed by atoms with van der Waals surface area (Å²) in [5, 5.41) is 0. The Morgan fingerprint density at radius 2 is 2.20 bits per heavy atom. The van der Waals surface area contributed by atoms with Crippen LogP contribution in [-0.4, -0.2) is 35.6 Å². The second-order valence-corrected chi connectivity index (χ2v) is 4.55. The fraction of sp³-hybridized carbons (Fsp3) is 0.583. The Morgan fingerprint density at radius 3 is 2.73 bits per heavy atom. The molecule has 0 aliphatic carbocycles. The molecule has 3 nitrogen and oxygen atoms in total. The highest BCUT2D eigenvalue weighted by Gasteiger charge is 2.20. The number of nitrogens with two attached hydrogens (primary N) is 1. The van der Waals surface area contributed by atoms with Gasteiger partial charge in [0, 0.05) is 31.0 Å². The van der Waals surface area contributed by atoms with Crippen molar-refractivity contribution in [3.63, 3.8) is 0 Å². The molecular formula is C12H21N3. The maximum Gasteiger partial charge on any atom is 0.0300 e. The van der Waals surface area contributed by atoms with Crippen LogP contribution in [0.5, 0.6) is 0 Å². The first-order chi connectivity index (χ1) is 7.06. The van der Waals surface area contributed by atoms with E-state index in [0.29, 0.717) is 6.54 Å². The molecule has 84 valence electrons. The standard InChI is InChI=1S/C12H21N3/c1-12(2,10-13)15(3)8-6-11-5-4-7-14-9-11/h4-5,7,9H,6,8,10,13H2,1-3H3. The Morgan fingerprint density at radius 1 is 1.47 bits per heavy atom. The van der Waals surface area contributed by atoms with Crippen molar-refractivity contribution in [1.29, 1.82) is 0 Å². The van der Waals surface area contributed by atoms with Crippen molar-refractivity contribution >= 4 is 0 Å². The second-order valence-electron chi connectivity index (χ2n) is 4.55. The summed E-state index contributed by atoms with van der Waals surface area (Å²) in [5.74, 6) is 0. The third-order valence-corrected chi connectivity index (χ3v) is 2.99. The smallest absolute Gasteiger partial charge is 0.0300 e. The fourth-order valence-corrected chi connectivity index (χ4v) is 1.30. The largest absolute Gasteiger partial charge is 0.329 e. The van der Waals surface area contributed by atoms with Crippen molar-refractivity contribution in [2.24, 2.45) is 5.73 Å². The molecule has 0 bridgehead atoms. The number of aromatic nitrogens is 1. The van der Waals surface area contributed by atoms with Gasteiger partial charge >= 0.3 is 0 Å². The van der Waals surface area contributed by atoms with Gasteiger partial charge in [-0.25, -0.2) is 0 Å². The molecule has 0 fully saturated rings. The molecule has 2 N–H and O–H groups in total. The minimum Gasteiger partial charge on any atom is -0.329 e. The molecule has 1 heterocycles. The van der Waals surface area contributed by atoms with Gasteiger partial charge in [0.15, 0.2) is 0 Å². The Hall–Kier alpha value is -0.930. The van der Waals surface area contributed by atoms with E-state index < -0.39 is 0 Å². The topological polar surface area (TPSA) is 42.2 Å². The van der Waals surface area contributed by atoms with Gasteiger partial charge in [-0.15, -0.1) is 0 Å². The van der Waals surface area contributed by atoms with Crippen LogP contribution in [0.2, 0.25) is 0 Å². The van der Waals surface area contributed by atoms with Crippen LogP contribution >= 0.6 is 0 Å². The van der Waals surface area contributed by atoms with Crippen LogP contribution in [-0.2, 0) is 6.42 Å². The molecule has 0 atom stereocenters. The number of hydrogen-bond acceptors (Lipinski definition) is 3. The molecule has 1 aromatic rings. The van der Waals surface area contributed by atoms with Crippen LogP contribution in [0.1, 0.15) is 19.4 Å². The Labute approximate surface area is 92.3 Å². The Bertz CT molecular complexity index is 282. The van der Waals surface area contributed by atoms with Crippen molar-refractivity contribution in [2.75, 3.05) is 20.1 Å². The fourth-order valence-electron chi connectivity index (χ4n) is 1.30. The highest BCUT2D eigenvalue weighted by Crippen LogP contribution is 2.10. The Kier molecular flexibility index (Phi) is 4.24. The van der Waals surface area contributed by atoms with Crippen LogP contribution < -0.4 is 5.73 Å². The first-order valence-electron chi connectivity index (χ1n) is 5.36. The van der Waals surface area contributed by atoms with Crippen molar-refractivity contribution < 1.29 is 0 Å². The second kappa shape index (κ2) is 5.24. The SMILES string of the molecule is CN(CCc1cccnc1)C(C)(C)CN. The number of hydrogen-bond donors (Lipinski definition) is 1. The van der Waals surface area contributed by atoms with Gasteiger partial charge in [-0.3, -0.25) is 9.88 Å². The van der Waals surface area contributed by atoms with Gasteiger partial charge in [-0.2, -0.15) is 0 Å². The third-order valence-electron chi connectivity index (χ3n) is 2.99. The number of rotatable bonds is 5. The highest BCUT2D eigenvalue weighted by atomic mass is 15.2. The number of pyridine rings is 1. The van der Waals surface area contributed by atoms with E-state index in [1.54, 1.807) is 6.20 Å². The lowest BCUT2D eigenvalue weighted by Gasteiger charge is -2.34. The lowest BCUT2D eigenvalue weighted by atomic mass is 10.0. The van der Waals surface area contributed by atoms with E-state index >= 15 is 0 Å². The average molecular weight is 207 g/mol. The summed E-state index contributed by atoms with van der Waals surface area (Å²) in [7, 11) is 2.11. The number of nitrogens with zero attached hydrogens (tertiary/aromatic N) is 2. The molecule has 0 unspecified atom stereocenters. The van der Waals surface area contributed by atoms with Gasteiger partial charge in [0.1, 0.15) is 0 Å². The average Bonchev–Trinajstić information content (AvgIpc) is 2.27. The van der Waals surface area contributed by atoms with Gasteiger partial charge in [0.2, 0.25) is 0 Å². The summed E-state index contributed by atoms with van der Waals surface area (Å²) in [6, 6.07) is 4.08. The summed E-state index contributed by atoms with van der Waals surface area (Å²) in [6.07, 6.45) is 4.74. The predicted octanol–water partition coefficient (Wildman–Crippen LogP) is 1.29. The Balaban J connectivity index is 2.44. The van der Waals surface area contributed by atoms with Crippen LogP contribution in [0.4, 0.5) is 0 Å². The maximum absolute atomic E-state index is 5.72. The molecule has 0 radical (unpaired) electrons. The quantitative estimate of drug-likeness (QED) is 0.791. The van der Waals surface area contributed by atoms with Crippen molar-refractivity contribution in [3.8, 4) is 0 Å². The van der Waals surface area contributed by atoms with Crippen molar-refractivity contribution in [2.45, 2.75) is 25.8 Å². The molecule has 0 aliphatic rings. The minimum absolute atomic E-state index is 0.0716. The van der Waals surface area contributed by atoms with E-state index in [4.69, 9.17) is 5.73 Å². The molecule has 15 heavy (non-hydrogen) atoms. The molecule has 1 aromatic heterocycles. The molecule has 0 spiro atoms. The molecule has 1 rings (SSSR count). The van der Waals surface area contributed by atoms with Gasteiger partial charge in [0.05, 0.1) is 0 Å². The first kappa shape index (κ1) is 12.1.